The normalized spacial score (nSPS) is 11.3. The van der Waals surface area contributed by atoms with Crippen LogP contribution in [-0.4, -0.2) is 26.2 Å². The second-order valence-corrected chi connectivity index (χ2v) is 6.19. The summed E-state index contributed by atoms with van der Waals surface area (Å²) < 4.78 is 14.9. The van der Waals surface area contributed by atoms with Crippen LogP contribution >= 0.6 is 12.2 Å². The van der Waals surface area contributed by atoms with E-state index >= 15 is 0 Å². The van der Waals surface area contributed by atoms with Crippen LogP contribution in [0.25, 0.3) is 0 Å². The summed E-state index contributed by atoms with van der Waals surface area (Å²) in [4.78, 5) is 0. The van der Waals surface area contributed by atoms with Gasteiger partial charge < -0.3 is 5.11 Å². The number of nitrogens with zero attached hydrogens (tertiary/aromatic N) is 3. The van der Waals surface area contributed by atoms with Gasteiger partial charge in [-0.25, -0.2) is 4.39 Å². The molecule has 1 aromatic heterocycles. The minimum Gasteiger partial charge on any atom is -0.507 e. The molecule has 0 atom stereocenters. The molecule has 2 N–H and O–H groups in total. The molecular weight excluding hydrogens is 339 g/mol. The van der Waals surface area contributed by atoms with Gasteiger partial charge in [0.05, 0.1) is 6.21 Å². The molecule has 0 fully saturated rings. The van der Waals surface area contributed by atoms with Gasteiger partial charge in [-0.05, 0) is 72.6 Å². The number of hydrogen-bond acceptors (Lipinski definition) is 4. The van der Waals surface area contributed by atoms with E-state index in [-0.39, 0.29) is 11.6 Å². The highest BCUT2D eigenvalue weighted by Crippen LogP contribution is 2.22. The van der Waals surface area contributed by atoms with Crippen molar-refractivity contribution in [1.29, 1.82) is 0 Å². The van der Waals surface area contributed by atoms with Gasteiger partial charge in [-0.2, -0.15) is 14.9 Å². The highest BCUT2D eigenvalue weighted by atomic mass is 32.1. The van der Waals surface area contributed by atoms with E-state index in [2.05, 4.69) is 15.3 Å². The highest BCUT2D eigenvalue weighted by Gasteiger charge is 2.07. The van der Waals surface area contributed by atoms with Gasteiger partial charge in [0, 0.05) is 6.42 Å². The smallest absolute Gasteiger partial charge is 0.216 e. The van der Waals surface area contributed by atoms with Crippen molar-refractivity contribution in [1.82, 2.24) is 14.9 Å². The molecule has 0 aliphatic heterocycles. The largest absolute Gasteiger partial charge is 0.507 e. The third-order valence-corrected chi connectivity index (χ3v) is 4.09. The number of hydrogen-bond donors (Lipinski definition) is 2. The standard InChI is InChI=1S/C18H17FN4OS/c1-11-7-14(8-12(2)17(11)24)10-20-23-16(21-22-18(23)25)9-13-3-5-15(19)6-4-13/h3-8,10,24H,9H2,1-2H3,(H,22,25)/b20-10+. The van der Waals surface area contributed by atoms with Crippen LogP contribution in [0, 0.1) is 24.4 Å². The van der Waals surface area contributed by atoms with E-state index in [1.54, 1.807) is 18.3 Å². The number of aryl methyl sites for hydroxylation is 2. The lowest BCUT2D eigenvalue weighted by atomic mass is 10.1. The molecule has 0 amide bonds. The minimum atomic E-state index is -0.279. The van der Waals surface area contributed by atoms with E-state index in [1.165, 1.54) is 16.8 Å². The summed E-state index contributed by atoms with van der Waals surface area (Å²) >= 11 is 5.23. The second-order valence-electron chi connectivity index (χ2n) is 5.81. The van der Waals surface area contributed by atoms with E-state index < -0.39 is 0 Å². The fraction of sp³-hybridized carbons (Fsp3) is 0.167. The van der Waals surface area contributed by atoms with Crippen LogP contribution in [0.1, 0.15) is 28.1 Å². The summed E-state index contributed by atoms with van der Waals surface area (Å²) in [5, 5.41) is 21.2. The summed E-state index contributed by atoms with van der Waals surface area (Å²) in [5.41, 5.74) is 3.32. The first-order chi connectivity index (χ1) is 11.9. The number of phenolic OH excluding ortho intramolecular Hbond substituents is 1. The average molecular weight is 356 g/mol. The Morgan fingerprint density at radius 2 is 1.88 bits per heavy atom. The van der Waals surface area contributed by atoms with Crippen molar-refractivity contribution in [3.8, 4) is 5.75 Å². The van der Waals surface area contributed by atoms with Crippen molar-refractivity contribution >= 4 is 18.4 Å². The van der Waals surface area contributed by atoms with Crippen molar-refractivity contribution in [3.05, 3.63) is 75.1 Å². The van der Waals surface area contributed by atoms with Gasteiger partial charge in [-0.1, -0.05) is 12.1 Å². The summed E-state index contributed by atoms with van der Waals surface area (Å²) in [5.74, 6) is 0.632. The maximum absolute atomic E-state index is 13.0. The molecule has 3 aromatic rings. The summed E-state index contributed by atoms with van der Waals surface area (Å²) in [6.45, 7) is 3.67. The van der Waals surface area contributed by atoms with Gasteiger partial charge in [-0.15, -0.1) is 0 Å². The molecule has 0 aliphatic carbocycles. The number of phenols is 1. The Morgan fingerprint density at radius 3 is 2.52 bits per heavy atom. The number of rotatable bonds is 4. The Bertz CT molecular complexity index is 966. The lowest BCUT2D eigenvalue weighted by Gasteiger charge is -2.05. The molecule has 0 bridgehead atoms. The van der Waals surface area contributed by atoms with Crippen LogP contribution in [-0.2, 0) is 6.42 Å². The molecule has 7 heteroatoms. The van der Waals surface area contributed by atoms with Gasteiger partial charge in [0.15, 0.2) is 5.82 Å². The molecule has 1 heterocycles. The van der Waals surface area contributed by atoms with Crippen LogP contribution in [0.3, 0.4) is 0 Å². The monoisotopic (exact) mass is 356 g/mol. The fourth-order valence-electron chi connectivity index (χ4n) is 2.53. The predicted molar refractivity (Wildman–Crippen MR) is 97.2 cm³/mol. The van der Waals surface area contributed by atoms with E-state index in [0.717, 1.165) is 22.3 Å². The van der Waals surface area contributed by atoms with Crippen molar-refractivity contribution < 1.29 is 9.50 Å². The Hall–Kier alpha value is -2.80. The summed E-state index contributed by atoms with van der Waals surface area (Å²) in [6.07, 6.45) is 2.14. The molecule has 0 saturated heterocycles. The zero-order valence-electron chi connectivity index (χ0n) is 13.8. The van der Waals surface area contributed by atoms with Crippen molar-refractivity contribution in [2.75, 3.05) is 0 Å². The molecule has 0 unspecified atom stereocenters. The van der Waals surface area contributed by atoms with E-state index in [9.17, 15) is 9.50 Å². The Labute approximate surface area is 149 Å². The Kier molecular flexibility index (Phi) is 4.76. The summed E-state index contributed by atoms with van der Waals surface area (Å²) in [6, 6.07) is 9.91. The maximum atomic E-state index is 13.0. The zero-order valence-corrected chi connectivity index (χ0v) is 14.6. The van der Waals surface area contributed by atoms with Crippen LogP contribution in [0.5, 0.6) is 5.75 Å². The molecular formula is C18H17FN4OS. The lowest BCUT2D eigenvalue weighted by molar-refractivity contribution is 0.467. The molecule has 128 valence electrons. The number of aromatic hydroxyl groups is 1. The molecule has 0 radical (unpaired) electrons. The molecule has 25 heavy (non-hydrogen) atoms. The number of H-pyrrole nitrogens is 1. The molecule has 0 aliphatic rings. The number of aromatic nitrogens is 3. The number of halogens is 1. The zero-order chi connectivity index (χ0) is 18.0. The van der Waals surface area contributed by atoms with Gasteiger partial charge in [0.2, 0.25) is 4.77 Å². The van der Waals surface area contributed by atoms with Gasteiger partial charge in [-0.3, -0.25) is 5.10 Å². The SMILES string of the molecule is Cc1cc(/C=N/n2c(Cc3ccc(F)cc3)n[nH]c2=S)cc(C)c1O. The van der Waals surface area contributed by atoms with Gasteiger partial charge in [0.1, 0.15) is 11.6 Å². The predicted octanol–water partition coefficient (Wildman–Crippen LogP) is 3.88. The first-order valence-electron chi connectivity index (χ1n) is 7.69. The first kappa shape index (κ1) is 17.0. The van der Waals surface area contributed by atoms with E-state index in [0.29, 0.717) is 17.0 Å². The highest BCUT2D eigenvalue weighted by molar-refractivity contribution is 7.71. The quantitative estimate of drug-likeness (QED) is 0.551. The average Bonchev–Trinajstić information content (AvgIpc) is 2.92. The molecule has 5 nitrogen and oxygen atoms in total. The van der Waals surface area contributed by atoms with Crippen molar-refractivity contribution in [3.63, 3.8) is 0 Å². The Morgan fingerprint density at radius 1 is 1.24 bits per heavy atom. The van der Waals surface area contributed by atoms with Gasteiger partial charge in [0.25, 0.3) is 0 Å². The van der Waals surface area contributed by atoms with E-state index in [1.807, 2.05) is 26.0 Å². The van der Waals surface area contributed by atoms with Crippen LogP contribution in [0.2, 0.25) is 0 Å². The van der Waals surface area contributed by atoms with Crippen LogP contribution in [0.4, 0.5) is 4.39 Å². The Balaban J connectivity index is 1.89. The fourth-order valence-corrected chi connectivity index (χ4v) is 2.73. The minimum absolute atomic E-state index is 0.279. The number of aromatic amines is 1. The maximum Gasteiger partial charge on any atom is 0.216 e. The molecule has 0 saturated carbocycles. The van der Waals surface area contributed by atoms with E-state index in [4.69, 9.17) is 12.2 Å². The van der Waals surface area contributed by atoms with Crippen LogP contribution in [0.15, 0.2) is 41.5 Å². The van der Waals surface area contributed by atoms with Crippen LogP contribution < -0.4 is 0 Å². The third kappa shape index (κ3) is 3.83. The summed E-state index contributed by atoms with van der Waals surface area (Å²) in [7, 11) is 0. The molecule has 2 aromatic carbocycles. The first-order valence-corrected chi connectivity index (χ1v) is 8.10. The second kappa shape index (κ2) is 6.98. The van der Waals surface area contributed by atoms with Crippen molar-refractivity contribution in [2.24, 2.45) is 5.10 Å². The lowest BCUT2D eigenvalue weighted by Crippen LogP contribution is -2.01. The third-order valence-electron chi connectivity index (χ3n) is 3.83. The number of nitrogens with one attached hydrogen (secondary N) is 1. The topological polar surface area (TPSA) is 66.2 Å². The van der Waals surface area contributed by atoms with Gasteiger partial charge >= 0.3 is 0 Å². The van der Waals surface area contributed by atoms with Crippen molar-refractivity contribution in [2.45, 2.75) is 20.3 Å². The number of benzene rings is 2. The molecule has 0 spiro atoms. The molecule has 3 rings (SSSR count).